The van der Waals surface area contributed by atoms with Crippen LogP contribution in [0.15, 0.2) is 53.9 Å². The van der Waals surface area contributed by atoms with Crippen LogP contribution in [0.1, 0.15) is 65.3 Å². The van der Waals surface area contributed by atoms with Gasteiger partial charge < -0.3 is 20.5 Å². The molecule has 2 atom stereocenters. The second-order valence-electron chi connectivity index (χ2n) is 8.44. The number of ether oxygens (including phenoxy) is 1. The van der Waals surface area contributed by atoms with Gasteiger partial charge in [-0.1, -0.05) is 55.5 Å². The lowest BCUT2D eigenvalue weighted by Gasteiger charge is -2.19. The first-order chi connectivity index (χ1) is 16.9. The van der Waals surface area contributed by atoms with Crippen LogP contribution in [0.3, 0.4) is 0 Å². The Hall–Kier alpha value is -3.72. The zero-order valence-corrected chi connectivity index (χ0v) is 20.3. The molecule has 1 aliphatic rings. The van der Waals surface area contributed by atoms with Crippen LogP contribution in [0.2, 0.25) is 0 Å². The number of carboxylic acids is 1. The fourth-order valence-electron chi connectivity index (χ4n) is 4.27. The maximum atomic E-state index is 12.6. The quantitative estimate of drug-likeness (QED) is 0.397. The standard InChI is InChI=1S/C26H27N3O5S/c1-3-16(12-23(30)27-15(2)24-29-22(14-35-24)25(31)32)28-26(33)34-13-21-19-10-6-4-8-17(19)18-9-5-7-11-20(18)21/h4-11,14-16,21H,3,12-13H2,1-2H3,(H,27,30)(H,28,33)(H,31,32). The molecule has 182 valence electrons. The number of aromatic carboxylic acids is 1. The van der Waals surface area contributed by atoms with Crippen LogP contribution >= 0.6 is 11.3 Å². The highest BCUT2D eigenvalue weighted by Gasteiger charge is 2.29. The van der Waals surface area contributed by atoms with Gasteiger partial charge in [-0.25, -0.2) is 14.6 Å². The van der Waals surface area contributed by atoms with Crippen LogP contribution in [-0.4, -0.2) is 40.7 Å². The van der Waals surface area contributed by atoms with E-state index in [9.17, 15) is 14.4 Å². The minimum Gasteiger partial charge on any atom is -0.476 e. The fourth-order valence-corrected chi connectivity index (χ4v) is 5.07. The number of hydrogen-bond acceptors (Lipinski definition) is 6. The van der Waals surface area contributed by atoms with E-state index in [1.54, 1.807) is 6.92 Å². The zero-order valence-electron chi connectivity index (χ0n) is 19.5. The second-order valence-corrected chi connectivity index (χ2v) is 9.33. The Kier molecular flexibility index (Phi) is 7.45. The summed E-state index contributed by atoms with van der Waals surface area (Å²) < 4.78 is 5.58. The first-order valence-electron chi connectivity index (χ1n) is 11.5. The highest BCUT2D eigenvalue weighted by Crippen LogP contribution is 2.44. The summed E-state index contributed by atoms with van der Waals surface area (Å²) in [6.07, 6.45) is 0.0554. The van der Waals surface area contributed by atoms with E-state index in [-0.39, 0.29) is 30.5 Å². The molecular weight excluding hydrogens is 466 g/mol. The van der Waals surface area contributed by atoms with E-state index in [1.807, 2.05) is 31.2 Å². The Bertz CT molecular complexity index is 1200. The number of carbonyl (C=O) groups is 3. The summed E-state index contributed by atoms with van der Waals surface area (Å²) in [7, 11) is 0. The number of hydrogen-bond donors (Lipinski definition) is 3. The molecule has 3 N–H and O–H groups in total. The van der Waals surface area contributed by atoms with Crippen molar-refractivity contribution in [1.29, 1.82) is 0 Å². The molecule has 0 spiro atoms. The van der Waals surface area contributed by atoms with E-state index in [4.69, 9.17) is 9.84 Å². The molecule has 2 amide bonds. The monoisotopic (exact) mass is 493 g/mol. The molecule has 35 heavy (non-hydrogen) atoms. The minimum atomic E-state index is -1.11. The maximum absolute atomic E-state index is 12.6. The number of carboxylic acid groups (broad SMARTS) is 1. The summed E-state index contributed by atoms with van der Waals surface area (Å²) in [5.41, 5.74) is 4.54. The number of thiazole rings is 1. The van der Waals surface area contributed by atoms with Crippen LogP contribution in [-0.2, 0) is 9.53 Å². The fraction of sp³-hybridized carbons (Fsp3) is 0.308. The molecule has 0 saturated carbocycles. The Balaban J connectivity index is 1.30. The number of carbonyl (C=O) groups excluding carboxylic acids is 2. The van der Waals surface area contributed by atoms with Gasteiger partial charge in [0.2, 0.25) is 5.91 Å². The van der Waals surface area contributed by atoms with E-state index < -0.39 is 24.1 Å². The zero-order chi connectivity index (χ0) is 24.9. The van der Waals surface area contributed by atoms with Gasteiger partial charge >= 0.3 is 12.1 Å². The molecule has 0 aliphatic heterocycles. The number of alkyl carbamates (subject to hydrolysis) is 1. The van der Waals surface area contributed by atoms with E-state index in [2.05, 4.69) is 39.9 Å². The Morgan fingerprint density at radius 1 is 1.06 bits per heavy atom. The van der Waals surface area contributed by atoms with Gasteiger partial charge in [0.15, 0.2) is 5.69 Å². The van der Waals surface area contributed by atoms with Gasteiger partial charge in [-0.15, -0.1) is 11.3 Å². The van der Waals surface area contributed by atoms with Gasteiger partial charge in [0, 0.05) is 23.8 Å². The molecule has 4 rings (SSSR count). The second kappa shape index (κ2) is 10.7. The lowest BCUT2D eigenvalue weighted by molar-refractivity contribution is -0.122. The van der Waals surface area contributed by atoms with Gasteiger partial charge in [-0.3, -0.25) is 4.79 Å². The number of aromatic nitrogens is 1. The maximum Gasteiger partial charge on any atom is 0.407 e. The summed E-state index contributed by atoms with van der Waals surface area (Å²) >= 11 is 1.18. The first kappa shape index (κ1) is 24.4. The third-order valence-corrected chi connectivity index (χ3v) is 7.11. The van der Waals surface area contributed by atoms with Gasteiger partial charge in [-0.05, 0) is 35.6 Å². The van der Waals surface area contributed by atoms with Crippen LogP contribution in [0, 0.1) is 0 Å². The molecule has 0 radical (unpaired) electrons. The Labute approximate surface area is 207 Å². The topological polar surface area (TPSA) is 118 Å². The molecular formula is C26H27N3O5S. The summed E-state index contributed by atoms with van der Waals surface area (Å²) in [5, 5.41) is 16.6. The minimum absolute atomic E-state index is 0.0358. The van der Waals surface area contributed by atoms with Gasteiger partial charge in [0.25, 0.3) is 0 Å². The molecule has 1 aromatic heterocycles. The van der Waals surface area contributed by atoms with Gasteiger partial charge in [0.1, 0.15) is 11.6 Å². The SMILES string of the molecule is CCC(CC(=O)NC(C)c1nc(C(=O)O)cs1)NC(=O)OCC1c2ccccc2-c2ccccc21. The largest absolute Gasteiger partial charge is 0.476 e. The number of fused-ring (bicyclic) bond motifs is 3. The Morgan fingerprint density at radius 3 is 2.26 bits per heavy atom. The van der Waals surface area contributed by atoms with Crippen LogP contribution in [0.4, 0.5) is 4.79 Å². The van der Waals surface area contributed by atoms with E-state index in [1.165, 1.54) is 16.7 Å². The smallest absolute Gasteiger partial charge is 0.407 e. The number of nitrogens with zero attached hydrogens (tertiary/aromatic N) is 1. The summed E-state index contributed by atoms with van der Waals surface area (Å²) in [4.78, 5) is 40.1. The Morgan fingerprint density at radius 2 is 1.69 bits per heavy atom. The van der Waals surface area contributed by atoms with Crippen molar-refractivity contribution >= 4 is 29.3 Å². The van der Waals surface area contributed by atoms with Crippen molar-refractivity contribution in [1.82, 2.24) is 15.6 Å². The van der Waals surface area contributed by atoms with Crippen LogP contribution < -0.4 is 10.6 Å². The third kappa shape index (κ3) is 5.51. The first-order valence-corrected chi connectivity index (χ1v) is 12.3. The number of nitrogens with one attached hydrogen (secondary N) is 2. The van der Waals surface area contributed by atoms with Crippen molar-refractivity contribution in [3.63, 3.8) is 0 Å². The molecule has 3 aromatic rings. The molecule has 9 heteroatoms. The lowest BCUT2D eigenvalue weighted by atomic mass is 9.98. The van der Waals surface area contributed by atoms with Crippen molar-refractivity contribution < 1.29 is 24.2 Å². The summed E-state index contributed by atoms with van der Waals surface area (Å²) in [5.74, 6) is -1.41. The molecule has 0 fully saturated rings. The van der Waals surface area contributed by atoms with E-state index in [0.29, 0.717) is 11.4 Å². The van der Waals surface area contributed by atoms with Crippen molar-refractivity contribution in [3.05, 3.63) is 75.7 Å². The van der Waals surface area contributed by atoms with Crippen molar-refractivity contribution in [2.45, 2.75) is 44.7 Å². The number of benzene rings is 2. The summed E-state index contributed by atoms with van der Waals surface area (Å²) in [6.45, 7) is 3.82. The highest BCUT2D eigenvalue weighted by molar-refractivity contribution is 7.09. The normalized spacial score (nSPS) is 13.9. The average molecular weight is 494 g/mol. The van der Waals surface area contributed by atoms with Crippen molar-refractivity contribution in [2.24, 2.45) is 0 Å². The highest BCUT2D eigenvalue weighted by atomic mass is 32.1. The molecule has 0 bridgehead atoms. The van der Waals surface area contributed by atoms with Gasteiger partial charge in [0.05, 0.1) is 6.04 Å². The number of rotatable bonds is 9. The van der Waals surface area contributed by atoms with E-state index >= 15 is 0 Å². The molecule has 0 saturated heterocycles. The average Bonchev–Trinajstić information content (AvgIpc) is 3.46. The third-order valence-electron chi connectivity index (χ3n) is 6.08. The predicted octanol–water partition coefficient (Wildman–Crippen LogP) is 4.73. The molecule has 2 aromatic carbocycles. The molecule has 1 heterocycles. The van der Waals surface area contributed by atoms with E-state index in [0.717, 1.165) is 22.3 Å². The summed E-state index contributed by atoms with van der Waals surface area (Å²) in [6, 6.07) is 15.4. The molecule has 2 unspecified atom stereocenters. The predicted molar refractivity (Wildman–Crippen MR) is 133 cm³/mol. The van der Waals surface area contributed by atoms with Crippen molar-refractivity contribution in [2.75, 3.05) is 6.61 Å². The van der Waals surface area contributed by atoms with Gasteiger partial charge in [-0.2, -0.15) is 0 Å². The van der Waals surface area contributed by atoms with Crippen LogP contribution in [0.5, 0.6) is 0 Å². The molecule has 1 aliphatic carbocycles. The van der Waals surface area contributed by atoms with Crippen molar-refractivity contribution in [3.8, 4) is 11.1 Å². The lowest BCUT2D eigenvalue weighted by Crippen LogP contribution is -2.40. The van der Waals surface area contributed by atoms with Crippen LogP contribution in [0.25, 0.3) is 11.1 Å². The molecule has 8 nitrogen and oxygen atoms in total. The number of amides is 2.